The van der Waals surface area contributed by atoms with Gasteiger partial charge in [0.25, 0.3) is 0 Å². The second-order valence-corrected chi connectivity index (χ2v) is 5.17. The zero-order valence-electron chi connectivity index (χ0n) is 10.6. The Labute approximate surface area is 117 Å². The Morgan fingerprint density at radius 3 is 2.84 bits per heavy atom. The quantitative estimate of drug-likeness (QED) is 0.877. The molecular weight excluding hydrogens is 262 g/mol. The number of fused-ring (bicyclic) bond motifs is 1. The number of para-hydroxylation sites is 1. The standard InChI is InChI=1S/C14H16ClN3O/c15-10-14(5-7-19-8-6-14)18-13-16-9-11-3-1-2-4-12(11)17-13/h1-4,9H,5-8,10H2,(H,16,17,18). The van der Waals surface area contributed by atoms with Crippen LogP contribution in [0.5, 0.6) is 0 Å². The summed E-state index contributed by atoms with van der Waals surface area (Å²) in [4.78, 5) is 8.91. The first-order chi connectivity index (χ1) is 9.31. The van der Waals surface area contributed by atoms with Crippen molar-refractivity contribution in [2.24, 2.45) is 0 Å². The maximum absolute atomic E-state index is 6.13. The van der Waals surface area contributed by atoms with Gasteiger partial charge in [-0.25, -0.2) is 9.97 Å². The molecule has 1 fully saturated rings. The normalized spacial score (nSPS) is 18.4. The predicted molar refractivity (Wildman–Crippen MR) is 76.7 cm³/mol. The lowest BCUT2D eigenvalue weighted by Gasteiger charge is -2.36. The molecule has 0 atom stereocenters. The molecule has 2 heterocycles. The minimum Gasteiger partial charge on any atom is -0.381 e. The molecule has 0 aliphatic carbocycles. The van der Waals surface area contributed by atoms with Crippen LogP contribution in [0.4, 0.5) is 5.95 Å². The molecule has 0 saturated carbocycles. The van der Waals surface area contributed by atoms with Crippen LogP contribution < -0.4 is 5.32 Å². The summed E-state index contributed by atoms with van der Waals surface area (Å²) in [5, 5.41) is 4.44. The maximum Gasteiger partial charge on any atom is 0.223 e. The van der Waals surface area contributed by atoms with Crippen LogP contribution in [-0.4, -0.2) is 34.6 Å². The van der Waals surface area contributed by atoms with Gasteiger partial charge in [0, 0.05) is 30.7 Å². The number of hydrogen-bond donors (Lipinski definition) is 1. The Balaban J connectivity index is 1.87. The van der Waals surface area contributed by atoms with E-state index in [1.54, 1.807) is 0 Å². The van der Waals surface area contributed by atoms with Crippen molar-refractivity contribution < 1.29 is 4.74 Å². The summed E-state index contributed by atoms with van der Waals surface area (Å²) < 4.78 is 5.40. The van der Waals surface area contributed by atoms with Crippen LogP contribution in [0.1, 0.15) is 12.8 Å². The number of hydrogen-bond acceptors (Lipinski definition) is 4. The molecule has 1 saturated heterocycles. The molecule has 0 spiro atoms. The molecule has 1 N–H and O–H groups in total. The van der Waals surface area contributed by atoms with E-state index in [1.807, 2.05) is 30.5 Å². The molecule has 0 bridgehead atoms. The van der Waals surface area contributed by atoms with Crippen molar-refractivity contribution in [3.63, 3.8) is 0 Å². The topological polar surface area (TPSA) is 47.0 Å². The van der Waals surface area contributed by atoms with Crippen molar-refractivity contribution in [2.75, 3.05) is 24.4 Å². The highest BCUT2D eigenvalue weighted by Crippen LogP contribution is 2.26. The largest absolute Gasteiger partial charge is 0.381 e. The van der Waals surface area contributed by atoms with Crippen molar-refractivity contribution in [1.29, 1.82) is 0 Å². The van der Waals surface area contributed by atoms with Crippen LogP contribution >= 0.6 is 11.6 Å². The van der Waals surface area contributed by atoms with Gasteiger partial charge in [-0.15, -0.1) is 11.6 Å². The van der Waals surface area contributed by atoms with E-state index in [0.717, 1.165) is 37.0 Å². The van der Waals surface area contributed by atoms with Gasteiger partial charge in [0.2, 0.25) is 5.95 Å². The minimum atomic E-state index is -0.151. The smallest absolute Gasteiger partial charge is 0.223 e. The maximum atomic E-state index is 6.13. The zero-order chi connectivity index (χ0) is 13.1. The highest BCUT2D eigenvalue weighted by atomic mass is 35.5. The third-order valence-corrected chi connectivity index (χ3v) is 4.08. The number of nitrogens with one attached hydrogen (secondary N) is 1. The third kappa shape index (κ3) is 2.65. The van der Waals surface area contributed by atoms with Crippen LogP contribution in [0, 0.1) is 0 Å². The monoisotopic (exact) mass is 277 g/mol. The lowest BCUT2D eigenvalue weighted by Crippen LogP contribution is -2.45. The SMILES string of the molecule is ClCC1(Nc2ncc3ccccc3n2)CCOCC1. The number of halogens is 1. The molecule has 1 aliphatic rings. The highest BCUT2D eigenvalue weighted by Gasteiger charge is 2.32. The van der Waals surface area contributed by atoms with Crippen LogP contribution in [0.15, 0.2) is 30.5 Å². The summed E-state index contributed by atoms with van der Waals surface area (Å²) in [5.74, 6) is 1.17. The molecule has 19 heavy (non-hydrogen) atoms. The van der Waals surface area contributed by atoms with Gasteiger partial charge in [0.15, 0.2) is 0 Å². The zero-order valence-corrected chi connectivity index (χ0v) is 11.4. The predicted octanol–water partition coefficient (Wildman–Crippen LogP) is 2.83. The average molecular weight is 278 g/mol. The van der Waals surface area contributed by atoms with Crippen LogP contribution in [0.25, 0.3) is 10.9 Å². The highest BCUT2D eigenvalue weighted by molar-refractivity contribution is 6.18. The Morgan fingerprint density at radius 1 is 1.26 bits per heavy atom. The van der Waals surface area contributed by atoms with Crippen LogP contribution in [-0.2, 0) is 4.74 Å². The van der Waals surface area contributed by atoms with Gasteiger partial charge in [0.1, 0.15) is 0 Å². The lowest BCUT2D eigenvalue weighted by molar-refractivity contribution is 0.0665. The van der Waals surface area contributed by atoms with E-state index in [4.69, 9.17) is 16.3 Å². The Hall–Kier alpha value is -1.39. The number of anilines is 1. The molecular formula is C14H16ClN3O. The molecule has 1 aromatic carbocycles. The van der Waals surface area contributed by atoms with Crippen LogP contribution in [0.2, 0.25) is 0 Å². The minimum absolute atomic E-state index is 0.151. The Bertz CT molecular complexity index is 569. The fourth-order valence-corrected chi connectivity index (χ4v) is 2.66. The van der Waals surface area contributed by atoms with Crippen molar-refractivity contribution in [1.82, 2.24) is 9.97 Å². The van der Waals surface area contributed by atoms with Gasteiger partial charge >= 0.3 is 0 Å². The van der Waals surface area contributed by atoms with Crippen molar-refractivity contribution in [3.05, 3.63) is 30.5 Å². The summed E-state index contributed by atoms with van der Waals surface area (Å²) in [6.07, 6.45) is 3.60. The lowest BCUT2D eigenvalue weighted by atomic mass is 9.92. The van der Waals surface area contributed by atoms with Gasteiger partial charge in [0.05, 0.1) is 11.1 Å². The van der Waals surface area contributed by atoms with E-state index in [1.165, 1.54) is 0 Å². The van der Waals surface area contributed by atoms with E-state index < -0.39 is 0 Å². The van der Waals surface area contributed by atoms with E-state index in [2.05, 4.69) is 15.3 Å². The van der Waals surface area contributed by atoms with Crippen LogP contribution in [0.3, 0.4) is 0 Å². The number of rotatable bonds is 3. The number of aromatic nitrogens is 2. The second kappa shape index (κ2) is 5.31. The van der Waals surface area contributed by atoms with Gasteiger partial charge in [-0.05, 0) is 18.9 Å². The first-order valence-electron chi connectivity index (χ1n) is 6.45. The molecule has 0 unspecified atom stereocenters. The van der Waals surface area contributed by atoms with E-state index in [-0.39, 0.29) is 5.54 Å². The number of benzene rings is 1. The van der Waals surface area contributed by atoms with Gasteiger partial charge < -0.3 is 10.1 Å². The number of nitrogens with zero attached hydrogens (tertiary/aromatic N) is 2. The van der Waals surface area contributed by atoms with Crippen molar-refractivity contribution in [3.8, 4) is 0 Å². The number of ether oxygens (including phenoxy) is 1. The summed E-state index contributed by atoms with van der Waals surface area (Å²) in [5.41, 5.74) is 0.791. The van der Waals surface area contributed by atoms with Gasteiger partial charge in [-0.1, -0.05) is 18.2 Å². The van der Waals surface area contributed by atoms with E-state index in [0.29, 0.717) is 11.8 Å². The molecule has 5 heteroatoms. The first kappa shape index (κ1) is 12.6. The molecule has 4 nitrogen and oxygen atoms in total. The summed E-state index contributed by atoms with van der Waals surface area (Å²) in [6, 6.07) is 7.95. The molecule has 1 aliphatic heterocycles. The molecule has 0 radical (unpaired) electrons. The summed E-state index contributed by atoms with van der Waals surface area (Å²) >= 11 is 6.13. The van der Waals surface area contributed by atoms with Gasteiger partial charge in [-0.3, -0.25) is 0 Å². The summed E-state index contributed by atoms with van der Waals surface area (Å²) in [7, 11) is 0. The average Bonchev–Trinajstić information content (AvgIpc) is 2.48. The van der Waals surface area contributed by atoms with Gasteiger partial charge in [-0.2, -0.15) is 0 Å². The third-order valence-electron chi connectivity index (χ3n) is 3.57. The molecule has 0 amide bonds. The molecule has 100 valence electrons. The molecule has 2 aromatic rings. The second-order valence-electron chi connectivity index (χ2n) is 4.90. The fraction of sp³-hybridized carbons (Fsp3) is 0.429. The van der Waals surface area contributed by atoms with Crippen molar-refractivity contribution in [2.45, 2.75) is 18.4 Å². The Kier molecular flexibility index (Phi) is 3.53. The molecule has 1 aromatic heterocycles. The summed E-state index contributed by atoms with van der Waals surface area (Å²) in [6.45, 7) is 1.46. The first-order valence-corrected chi connectivity index (χ1v) is 6.98. The Morgan fingerprint density at radius 2 is 2.05 bits per heavy atom. The van der Waals surface area contributed by atoms with E-state index in [9.17, 15) is 0 Å². The number of alkyl halides is 1. The van der Waals surface area contributed by atoms with E-state index >= 15 is 0 Å². The van der Waals surface area contributed by atoms with Crippen molar-refractivity contribution >= 4 is 28.5 Å². The fourth-order valence-electron chi connectivity index (χ4n) is 2.32. The molecule has 3 rings (SSSR count).